The van der Waals surface area contributed by atoms with Gasteiger partial charge in [0.15, 0.2) is 0 Å². The molecule has 0 aliphatic rings. The van der Waals surface area contributed by atoms with Crippen molar-refractivity contribution in [1.82, 2.24) is 9.78 Å². The molecule has 0 unspecified atom stereocenters. The van der Waals surface area contributed by atoms with Crippen molar-refractivity contribution in [3.05, 3.63) is 41.1 Å². The molecular formula is C13H13N3O. The SMILES string of the molecule is Cc1ccc(C#N)c(Oc2cc(C)nn2C)c1. The summed E-state index contributed by atoms with van der Waals surface area (Å²) in [5, 5.41) is 13.2. The van der Waals surface area contributed by atoms with Gasteiger partial charge < -0.3 is 4.74 Å². The van der Waals surface area contributed by atoms with Crippen LogP contribution in [0.15, 0.2) is 24.3 Å². The number of rotatable bonds is 2. The average molecular weight is 227 g/mol. The van der Waals surface area contributed by atoms with Gasteiger partial charge >= 0.3 is 0 Å². The van der Waals surface area contributed by atoms with E-state index in [4.69, 9.17) is 10.00 Å². The van der Waals surface area contributed by atoms with Gasteiger partial charge in [-0.25, -0.2) is 4.68 Å². The Balaban J connectivity index is 2.39. The predicted octanol–water partition coefficient (Wildman–Crippen LogP) is 2.70. The molecule has 4 heteroatoms. The first-order chi connectivity index (χ1) is 8.10. The van der Waals surface area contributed by atoms with Gasteiger partial charge in [0.25, 0.3) is 0 Å². The Morgan fingerprint density at radius 2 is 2.06 bits per heavy atom. The van der Waals surface area contributed by atoms with E-state index < -0.39 is 0 Å². The Morgan fingerprint density at radius 3 is 2.65 bits per heavy atom. The lowest BCUT2D eigenvalue weighted by Gasteiger charge is -2.07. The minimum absolute atomic E-state index is 0.523. The van der Waals surface area contributed by atoms with E-state index in [-0.39, 0.29) is 0 Å². The maximum Gasteiger partial charge on any atom is 0.217 e. The van der Waals surface area contributed by atoms with Crippen molar-refractivity contribution in [2.24, 2.45) is 7.05 Å². The summed E-state index contributed by atoms with van der Waals surface area (Å²) in [5.41, 5.74) is 2.46. The van der Waals surface area contributed by atoms with Gasteiger partial charge in [-0.2, -0.15) is 10.4 Å². The summed E-state index contributed by atoms with van der Waals surface area (Å²) in [6.07, 6.45) is 0. The van der Waals surface area contributed by atoms with Crippen molar-refractivity contribution in [2.75, 3.05) is 0 Å². The quantitative estimate of drug-likeness (QED) is 0.792. The Labute approximate surface area is 100 Å². The molecule has 17 heavy (non-hydrogen) atoms. The van der Waals surface area contributed by atoms with Crippen molar-refractivity contribution in [3.63, 3.8) is 0 Å². The Hall–Kier alpha value is -2.28. The number of aryl methyl sites for hydroxylation is 3. The fourth-order valence-corrected chi connectivity index (χ4v) is 1.60. The summed E-state index contributed by atoms with van der Waals surface area (Å²) in [6.45, 7) is 3.86. The van der Waals surface area contributed by atoms with Crippen LogP contribution in [0.25, 0.3) is 0 Å². The summed E-state index contributed by atoms with van der Waals surface area (Å²) in [7, 11) is 1.81. The van der Waals surface area contributed by atoms with Gasteiger partial charge in [-0.3, -0.25) is 0 Å². The smallest absolute Gasteiger partial charge is 0.217 e. The number of hydrogen-bond acceptors (Lipinski definition) is 3. The van der Waals surface area contributed by atoms with Crippen molar-refractivity contribution in [3.8, 4) is 17.7 Å². The number of ether oxygens (including phenoxy) is 1. The fraction of sp³-hybridized carbons (Fsp3) is 0.231. The largest absolute Gasteiger partial charge is 0.438 e. The van der Waals surface area contributed by atoms with E-state index in [2.05, 4.69) is 11.2 Å². The van der Waals surface area contributed by atoms with Crippen LogP contribution in [0.2, 0.25) is 0 Å². The lowest BCUT2D eigenvalue weighted by molar-refractivity contribution is 0.429. The summed E-state index contributed by atoms with van der Waals surface area (Å²) in [4.78, 5) is 0. The van der Waals surface area contributed by atoms with Crippen LogP contribution >= 0.6 is 0 Å². The highest BCUT2D eigenvalue weighted by molar-refractivity contribution is 5.46. The van der Waals surface area contributed by atoms with Gasteiger partial charge in [0.05, 0.1) is 11.3 Å². The highest BCUT2D eigenvalue weighted by atomic mass is 16.5. The number of benzene rings is 1. The molecule has 0 atom stereocenters. The molecule has 2 rings (SSSR count). The van der Waals surface area contributed by atoms with Crippen molar-refractivity contribution < 1.29 is 4.74 Å². The third-order valence-corrected chi connectivity index (χ3v) is 2.43. The number of nitriles is 1. The number of aromatic nitrogens is 2. The van der Waals surface area contributed by atoms with Gasteiger partial charge in [0.1, 0.15) is 11.8 Å². The van der Waals surface area contributed by atoms with E-state index in [1.54, 1.807) is 10.7 Å². The molecule has 1 heterocycles. The van der Waals surface area contributed by atoms with Crippen LogP contribution in [-0.4, -0.2) is 9.78 Å². The first kappa shape index (κ1) is 11.2. The number of hydrogen-bond donors (Lipinski definition) is 0. The molecule has 0 saturated heterocycles. The molecule has 4 nitrogen and oxygen atoms in total. The van der Waals surface area contributed by atoms with Crippen LogP contribution < -0.4 is 4.74 Å². The van der Waals surface area contributed by atoms with Gasteiger partial charge in [-0.15, -0.1) is 0 Å². The van der Waals surface area contributed by atoms with Crippen molar-refractivity contribution >= 4 is 0 Å². The maximum absolute atomic E-state index is 9.01. The van der Waals surface area contributed by atoms with Crippen LogP contribution in [0.5, 0.6) is 11.6 Å². The Morgan fingerprint density at radius 1 is 1.29 bits per heavy atom. The number of nitrogens with zero attached hydrogens (tertiary/aromatic N) is 3. The minimum Gasteiger partial charge on any atom is -0.438 e. The molecule has 0 aliphatic heterocycles. The van der Waals surface area contributed by atoms with Gasteiger partial charge in [0, 0.05) is 13.1 Å². The third-order valence-electron chi connectivity index (χ3n) is 2.43. The van der Waals surface area contributed by atoms with E-state index >= 15 is 0 Å². The second-order valence-electron chi connectivity index (χ2n) is 3.96. The zero-order valence-corrected chi connectivity index (χ0v) is 10.1. The normalized spacial score (nSPS) is 10.0. The van der Waals surface area contributed by atoms with Gasteiger partial charge in [0.2, 0.25) is 5.88 Å². The first-order valence-corrected chi connectivity index (χ1v) is 5.29. The average Bonchev–Trinajstić information content (AvgIpc) is 2.58. The van der Waals surface area contributed by atoms with E-state index in [0.717, 1.165) is 11.3 Å². The Bertz CT molecular complexity index is 593. The summed E-state index contributed by atoms with van der Waals surface area (Å²) in [6, 6.07) is 9.45. The van der Waals surface area contributed by atoms with E-state index in [1.807, 2.05) is 39.1 Å². The summed E-state index contributed by atoms with van der Waals surface area (Å²) >= 11 is 0. The molecule has 0 fully saturated rings. The van der Waals surface area contributed by atoms with Gasteiger partial charge in [-0.05, 0) is 31.5 Å². The highest BCUT2D eigenvalue weighted by Crippen LogP contribution is 2.26. The molecule has 0 radical (unpaired) electrons. The molecule has 0 spiro atoms. The van der Waals surface area contributed by atoms with Crippen LogP contribution in [0.3, 0.4) is 0 Å². The topological polar surface area (TPSA) is 50.8 Å². The van der Waals surface area contributed by atoms with E-state index in [1.165, 1.54) is 0 Å². The van der Waals surface area contributed by atoms with Crippen LogP contribution in [-0.2, 0) is 7.05 Å². The second-order valence-corrected chi connectivity index (χ2v) is 3.96. The molecular weight excluding hydrogens is 214 g/mol. The third kappa shape index (κ3) is 2.28. The summed E-state index contributed by atoms with van der Waals surface area (Å²) in [5.74, 6) is 1.19. The van der Waals surface area contributed by atoms with Crippen LogP contribution in [0, 0.1) is 25.2 Å². The molecule has 1 aromatic carbocycles. The van der Waals surface area contributed by atoms with Crippen LogP contribution in [0.1, 0.15) is 16.8 Å². The van der Waals surface area contributed by atoms with E-state index in [9.17, 15) is 0 Å². The Kier molecular flexibility index (Phi) is 2.84. The monoisotopic (exact) mass is 227 g/mol. The zero-order chi connectivity index (χ0) is 12.4. The molecule has 86 valence electrons. The van der Waals surface area contributed by atoms with E-state index in [0.29, 0.717) is 17.2 Å². The van der Waals surface area contributed by atoms with Crippen molar-refractivity contribution in [2.45, 2.75) is 13.8 Å². The summed E-state index contributed by atoms with van der Waals surface area (Å²) < 4.78 is 7.36. The lowest BCUT2D eigenvalue weighted by Crippen LogP contribution is -1.96. The second kappa shape index (κ2) is 4.30. The predicted molar refractivity (Wildman–Crippen MR) is 63.9 cm³/mol. The molecule has 0 amide bonds. The zero-order valence-electron chi connectivity index (χ0n) is 10.1. The molecule has 0 aliphatic carbocycles. The molecule has 0 saturated carbocycles. The fourth-order valence-electron chi connectivity index (χ4n) is 1.60. The lowest BCUT2D eigenvalue weighted by atomic mass is 10.1. The van der Waals surface area contributed by atoms with Crippen LogP contribution in [0.4, 0.5) is 0 Å². The molecule has 1 aromatic heterocycles. The minimum atomic E-state index is 0.523. The standard InChI is InChI=1S/C13H13N3O/c1-9-4-5-11(8-14)12(6-9)17-13-7-10(2)15-16(13)3/h4-7H,1-3H3. The van der Waals surface area contributed by atoms with Gasteiger partial charge in [-0.1, -0.05) is 6.07 Å². The molecule has 2 aromatic rings. The highest BCUT2D eigenvalue weighted by Gasteiger charge is 2.08. The molecule has 0 bridgehead atoms. The first-order valence-electron chi connectivity index (χ1n) is 5.29. The maximum atomic E-state index is 9.01. The molecule has 0 N–H and O–H groups in total. The van der Waals surface area contributed by atoms with Crippen molar-refractivity contribution in [1.29, 1.82) is 5.26 Å².